The van der Waals surface area contributed by atoms with Gasteiger partial charge in [-0.05, 0) is 37.0 Å². The molecule has 140 valence electrons. The van der Waals surface area contributed by atoms with E-state index >= 15 is 0 Å². The summed E-state index contributed by atoms with van der Waals surface area (Å²) in [4.78, 5) is 14.3. The molecule has 4 nitrogen and oxygen atoms in total. The van der Waals surface area contributed by atoms with Crippen molar-refractivity contribution in [1.82, 2.24) is 4.90 Å². The fourth-order valence-electron chi connectivity index (χ4n) is 3.51. The van der Waals surface area contributed by atoms with Gasteiger partial charge in [-0.15, -0.1) is 0 Å². The fourth-order valence-corrected chi connectivity index (χ4v) is 3.98. The lowest BCUT2D eigenvalue weighted by molar-refractivity contribution is -0.141. The highest BCUT2D eigenvalue weighted by Gasteiger charge is 2.29. The van der Waals surface area contributed by atoms with Gasteiger partial charge in [0.1, 0.15) is 6.10 Å². The van der Waals surface area contributed by atoms with E-state index in [-0.39, 0.29) is 5.91 Å². The molecule has 0 saturated heterocycles. The average Bonchev–Trinajstić information content (AvgIpc) is 2.60. The highest BCUT2D eigenvalue weighted by molar-refractivity contribution is 6.35. The molecule has 1 fully saturated rings. The van der Waals surface area contributed by atoms with E-state index in [0.717, 1.165) is 18.4 Å². The zero-order valence-electron chi connectivity index (χ0n) is 14.8. The van der Waals surface area contributed by atoms with E-state index < -0.39 is 12.1 Å². The van der Waals surface area contributed by atoms with E-state index in [1.165, 1.54) is 19.3 Å². The van der Waals surface area contributed by atoms with E-state index in [1.807, 2.05) is 6.92 Å². The number of likely N-dealkylation sites (N-methyl/N-ethyl adjacent to an activating group) is 1. The Bertz CT molecular complexity index is 577. The minimum Gasteiger partial charge on any atom is -0.382 e. The average molecular weight is 387 g/mol. The third-order valence-corrected chi connectivity index (χ3v) is 5.65. The molecule has 3 N–H and O–H groups in total. The van der Waals surface area contributed by atoms with Crippen molar-refractivity contribution in [2.45, 2.75) is 64.1 Å². The minimum absolute atomic E-state index is 0.332. The molecule has 2 atom stereocenters. The van der Waals surface area contributed by atoms with E-state index in [2.05, 4.69) is 0 Å². The number of rotatable bonds is 7. The predicted octanol–water partition coefficient (Wildman–Crippen LogP) is 4.00. The van der Waals surface area contributed by atoms with E-state index in [4.69, 9.17) is 28.9 Å². The van der Waals surface area contributed by atoms with Gasteiger partial charge in [0, 0.05) is 29.2 Å². The van der Waals surface area contributed by atoms with Crippen molar-refractivity contribution in [3.63, 3.8) is 0 Å². The van der Waals surface area contributed by atoms with E-state index in [9.17, 15) is 9.90 Å². The zero-order chi connectivity index (χ0) is 18.4. The number of nitrogens with zero attached hydrogens (tertiary/aromatic N) is 1. The maximum absolute atomic E-state index is 12.7. The molecule has 1 aromatic rings. The Labute approximate surface area is 160 Å². The Hall–Kier alpha value is -0.810. The predicted molar refractivity (Wildman–Crippen MR) is 103 cm³/mol. The quantitative estimate of drug-likeness (QED) is 0.743. The second kappa shape index (κ2) is 9.77. The number of carbonyl (C=O) groups excluding carboxylic acids is 1. The molecule has 1 aliphatic carbocycles. The van der Waals surface area contributed by atoms with Gasteiger partial charge in [0.2, 0.25) is 0 Å². The maximum atomic E-state index is 12.7. The summed E-state index contributed by atoms with van der Waals surface area (Å²) in [5, 5.41) is 11.5. The van der Waals surface area contributed by atoms with Crippen LogP contribution in [0.3, 0.4) is 0 Å². The van der Waals surface area contributed by atoms with Crippen LogP contribution < -0.4 is 5.73 Å². The number of nitrogens with two attached hydrogens (primary N) is 1. The molecule has 0 aliphatic heterocycles. The van der Waals surface area contributed by atoms with Gasteiger partial charge in [-0.1, -0.05) is 61.4 Å². The normalized spacial score (nSPS) is 18.0. The van der Waals surface area contributed by atoms with Crippen LogP contribution in [-0.4, -0.2) is 34.6 Å². The van der Waals surface area contributed by atoms with Gasteiger partial charge in [-0.2, -0.15) is 0 Å². The lowest BCUT2D eigenvalue weighted by Gasteiger charge is -2.30. The van der Waals surface area contributed by atoms with Gasteiger partial charge >= 0.3 is 0 Å². The van der Waals surface area contributed by atoms with Gasteiger partial charge in [-0.3, -0.25) is 4.79 Å². The van der Waals surface area contributed by atoms with Crippen LogP contribution in [0.5, 0.6) is 0 Å². The molecule has 25 heavy (non-hydrogen) atoms. The molecule has 1 unspecified atom stereocenters. The van der Waals surface area contributed by atoms with Crippen LogP contribution in [0.2, 0.25) is 10.0 Å². The Morgan fingerprint density at radius 1 is 1.32 bits per heavy atom. The van der Waals surface area contributed by atoms with Crippen molar-refractivity contribution in [1.29, 1.82) is 0 Å². The van der Waals surface area contributed by atoms with Crippen LogP contribution in [0.4, 0.5) is 0 Å². The molecule has 1 aromatic carbocycles. The molecule has 0 heterocycles. The van der Waals surface area contributed by atoms with Crippen LogP contribution in [0.15, 0.2) is 18.2 Å². The third-order valence-electron chi connectivity index (χ3n) is 5.06. The Balaban J connectivity index is 1.97. The standard InChI is InChI=1S/C19H28Cl2N2O2/c1-2-23(12-14-8-9-15(20)11-16(14)21)19(25)18(24)17(22)10-13-6-4-3-5-7-13/h8-9,11,13,17-18,24H,2-7,10,12,22H2,1H3/t17-,18?/m1/s1. The number of hydrogen-bond donors (Lipinski definition) is 2. The van der Waals surface area contributed by atoms with Gasteiger partial charge in [0.05, 0.1) is 0 Å². The second-order valence-electron chi connectivity index (χ2n) is 6.94. The summed E-state index contributed by atoms with van der Waals surface area (Å²) in [5.41, 5.74) is 6.94. The maximum Gasteiger partial charge on any atom is 0.253 e. The number of hydrogen-bond acceptors (Lipinski definition) is 3. The number of aliphatic hydroxyl groups is 1. The summed E-state index contributed by atoms with van der Waals surface area (Å²) < 4.78 is 0. The molecule has 6 heteroatoms. The topological polar surface area (TPSA) is 66.6 Å². The van der Waals surface area contributed by atoms with Crippen LogP contribution in [0, 0.1) is 5.92 Å². The number of benzene rings is 1. The SMILES string of the molecule is CCN(Cc1ccc(Cl)cc1Cl)C(=O)C(O)[C@H](N)CC1CCCCC1. The summed E-state index contributed by atoms with van der Waals surface area (Å²) in [6, 6.07) is 4.67. The Morgan fingerprint density at radius 3 is 2.60 bits per heavy atom. The fraction of sp³-hybridized carbons (Fsp3) is 0.632. The van der Waals surface area contributed by atoms with Crippen molar-refractivity contribution in [3.8, 4) is 0 Å². The molecular formula is C19H28Cl2N2O2. The van der Waals surface area contributed by atoms with Gasteiger partial charge < -0.3 is 15.7 Å². The molecule has 0 aromatic heterocycles. The molecule has 0 bridgehead atoms. The molecule has 2 rings (SSSR count). The molecule has 0 spiro atoms. The first kappa shape index (κ1) is 20.5. The summed E-state index contributed by atoms with van der Waals surface area (Å²) in [5.74, 6) is 0.184. The first-order valence-electron chi connectivity index (χ1n) is 9.08. The van der Waals surface area contributed by atoms with Crippen molar-refractivity contribution in [3.05, 3.63) is 33.8 Å². The van der Waals surface area contributed by atoms with Gasteiger partial charge in [0.15, 0.2) is 0 Å². The van der Waals surface area contributed by atoms with E-state index in [1.54, 1.807) is 23.1 Å². The largest absolute Gasteiger partial charge is 0.382 e. The molecule has 0 radical (unpaired) electrons. The van der Waals surface area contributed by atoms with Gasteiger partial charge in [0.25, 0.3) is 5.91 Å². The van der Waals surface area contributed by atoms with Crippen molar-refractivity contribution >= 4 is 29.1 Å². The second-order valence-corrected chi connectivity index (χ2v) is 7.78. The van der Waals surface area contributed by atoms with Crippen molar-refractivity contribution < 1.29 is 9.90 Å². The van der Waals surface area contributed by atoms with Crippen LogP contribution in [0.1, 0.15) is 51.0 Å². The molecule has 1 aliphatic rings. The minimum atomic E-state index is -1.17. The lowest BCUT2D eigenvalue weighted by atomic mass is 9.84. The Kier molecular flexibility index (Phi) is 8.01. The monoisotopic (exact) mass is 386 g/mol. The highest BCUT2D eigenvalue weighted by atomic mass is 35.5. The Morgan fingerprint density at radius 2 is 2.00 bits per heavy atom. The van der Waals surface area contributed by atoms with E-state index in [0.29, 0.717) is 35.5 Å². The van der Waals surface area contributed by atoms with Crippen LogP contribution in [0.25, 0.3) is 0 Å². The first-order valence-corrected chi connectivity index (χ1v) is 9.84. The number of halogens is 2. The summed E-state index contributed by atoms with van der Waals surface area (Å²) in [7, 11) is 0. The van der Waals surface area contributed by atoms with Crippen LogP contribution >= 0.6 is 23.2 Å². The lowest BCUT2D eigenvalue weighted by Crippen LogP contribution is -2.48. The molecule has 1 amide bonds. The van der Waals surface area contributed by atoms with Crippen molar-refractivity contribution in [2.24, 2.45) is 11.7 Å². The zero-order valence-corrected chi connectivity index (χ0v) is 16.3. The molecule has 1 saturated carbocycles. The number of aliphatic hydroxyl groups excluding tert-OH is 1. The van der Waals surface area contributed by atoms with Crippen LogP contribution in [-0.2, 0) is 11.3 Å². The van der Waals surface area contributed by atoms with Crippen molar-refractivity contribution in [2.75, 3.05) is 6.54 Å². The third kappa shape index (κ3) is 5.85. The highest BCUT2D eigenvalue weighted by Crippen LogP contribution is 2.28. The number of carbonyl (C=O) groups is 1. The van der Waals surface area contributed by atoms with Gasteiger partial charge in [-0.25, -0.2) is 0 Å². The summed E-state index contributed by atoms with van der Waals surface area (Å²) in [6.07, 6.45) is 5.53. The molecular weight excluding hydrogens is 359 g/mol. The summed E-state index contributed by atoms with van der Waals surface area (Å²) >= 11 is 12.1. The smallest absolute Gasteiger partial charge is 0.253 e. The first-order chi connectivity index (χ1) is 11.9. The number of amides is 1. The summed E-state index contributed by atoms with van der Waals surface area (Å²) in [6.45, 7) is 2.69.